The number of carbonyl (C=O) groups is 2. The van der Waals surface area contributed by atoms with Gasteiger partial charge in [-0.25, -0.2) is 0 Å². The number of carbonyl (C=O) groups excluding carboxylic acids is 2. The van der Waals surface area contributed by atoms with Gasteiger partial charge in [-0.1, -0.05) is 23.4 Å². The Morgan fingerprint density at radius 2 is 2.12 bits per heavy atom. The highest BCUT2D eigenvalue weighted by Crippen LogP contribution is 2.15. The van der Waals surface area contributed by atoms with Gasteiger partial charge < -0.3 is 13.8 Å². The molecule has 0 fully saturated rings. The highest BCUT2D eigenvalue weighted by Gasteiger charge is 2.19. The van der Waals surface area contributed by atoms with Gasteiger partial charge in [0.25, 0.3) is 5.91 Å². The van der Waals surface area contributed by atoms with Gasteiger partial charge in [-0.15, -0.1) is 0 Å². The van der Waals surface area contributed by atoms with Crippen molar-refractivity contribution >= 4 is 28.7 Å². The molecule has 0 spiro atoms. The lowest BCUT2D eigenvalue weighted by Crippen LogP contribution is -2.30. The second-order valence-electron chi connectivity index (χ2n) is 5.77. The van der Waals surface area contributed by atoms with Crippen LogP contribution in [0.1, 0.15) is 19.0 Å². The van der Waals surface area contributed by atoms with Crippen molar-refractivity contribution in [2.75, 3.05) is 5.32 Å². The Morgan fingerprint density at radius 3 is 2.88 bits per heavy atom. The molecule has 0 saturated heterocycles. The molecule has 7 heteroatoms. The number of rotatable bonds is 6. The summed E-state index contributed by atoms with van der Waals surface area (Å²) in [6.45, 7) is 3.75. The maximum Gasteiger partial charge on any atom is 0.308 e. The Hall–Kier alpha value is -3.09. The van der Waals surface area contributed by atoms with Gasteiger partial charge in [0.1, 0.15) is 0 Å². The second-order valence-corrected chi connectivity index (χ2v) is 5.77. The number of esters is 1. The molecule has 130 valence electrons. The summed E-state index contributed by atoms with van der Waals surface area (Å²) in [7, 11) is 0. The quantitative estimate of drug-likeness (QED) is 0.697. The average molecular weight is 341 g/mol. The maximum absolute atomic E-state index is 12.0. The number of aryl methyl sites for hydroxylation is 2. The van der Waals surface area contributed by atoms with Crippen LogP contribution in [-0.2, 0) is 20.9 Å². The average Bonchev–Trinajstić information content (AvgIpc) is 3.19. The number of hydrogen-bond donors (Lipinski definition) is 1. The molecule has 1 amide bonds. The predicted octanol–water partition coefficient (Wildman–Crippen LogP) is 2.90. The molecule has 2 heterocycles. The summed E-state index contributed by atoms with van der Waals surface area (Å²) in [5, 5.41) is 7.30. The number of para-hydroxylation sites is 1. The molecule has 3 aromatic rings. The third kappa shape index (κ3) is 4.06. The molecule has 1 N–H and O–H groups in total. The van der Waals surface area contributed by atoms with E-state index >= 15 is 0 Å². The van der Waals surface area contributed by atoms with Crippen LogP contribution in [0.2, 0.25) is 0 Å². The number of benzene rings is 1. The molecule has 25 heavy (non-hydrogen) atoms. The van der Waals surface area contributed by atoms with Crippen LogP contribution in [0.25, 0.3) is 10.9 Å². The van der Waals surface area contributed by atoms with Crippen LogP contribution in [-0.4, -0.2) is 27.7 Å². The summed E-state index contributed by atoms with van der Waals surface area (Å²) in [6, 6.07) is 11.5. The van der Waals surface area contributed by atoms with Crippen LogP contribution in [0.5, 0.6) is 0 Å². The number of amides is 1. The van der Waals surface area contributed by atoms with E-state index in [-0.39, 0.29) is 12.3 Å². The minimum Gasteiger partial charge on any atom is -0.452 e. The fraction of sp³-hybridized carbons (Fsp3) is 0.278. The molecule has 1 aromatic carbocycles. The number of ether oxygens (including phenoxy) is 1. The van der Waals surface area contributed by atoms with Gasteiger partial charge in [0.05, 0.1) is 12.1 Å². The molecule has 0 saturated carbocycles. The van der Waals surface area contributed by atoms with Gasteiger partial charge in [-0.05, 0) is 31.4 Å². The van der Waals surface area contributed by atoms with Gasteiger partial charge in [-0.3, -0.25) is 14.9 Å². The lowest BCUT2D eigenvalue weighted by molar-refractivity contribution is -0.153. The standard InChI is InChI=1S/C18H19N3O4/c1-12-11-16(25-20-12)19-18(23)13(2)24-17(22)8-10-21-9-7-14-5-3-4-6-15(14)21/h3-7,9,11,13H,8,10H2,1-2H3,(H,19,23)/t13-/m1/s1. The van der Waals surface area contributed by atoms with Gasteiger partial charge in [0.2, 0.25) is 5.88 Å². The molecule has 3 rings (SSSR count). The van der Waals surface area contributed by atoms with E-state index in [2.05, 4.69) is 10.5 Å². The monoisotopic (exact) mass is 341 g/mol. The van der Waals surface area contributed by atoms with Crippen LogP contribution in [0.4, 0.5) is 5.88 Å². The van der Waals surface area contributed by atoms with E-state index in [1.807, 2.05) is 41.1 Å². The van der Waals surface area contributed by atoms with Gasteiger partial charge in [-0.2, -0.15) is 0 Å². The summed E-state index contributed by atoms with van der Waals surface area (Å²) < 4.78 is 12.1. The first-order chi connectivity index (χ1) is 12.0. The molecule has 0 radical (unpaired) electrons. The lowest BCUT2D eigenvalue weighted by Gasteiger charge is -2.12. The third-order valence-electron chi connectivity index (χ3n) is 3.79. The highest BCUT2D eigenvalue weighted by atomic mass is 16.5. The van der Waals surface area contributed by atoms with Crippen molar-refractivity contribution in [1.29, 1.82) is 0 Å². The van der Waals surface area contributed by atoms with Crippen LogP contribution in [0.3, 0.4) is 0 Å². The fourth-order valence-electron chi connectivity index (χ4n) is 2.50. The van der Waals surface area contributed by atoms with E-state index in [0.29, 0.717) is 12.2 Å². The summed E-state index contributed by atoms with van der Waals surface area (Å²) in [5.74, 6) is -0.672. The summed E-state index contributed by atoms with van der Waals surface area (Å²) in [5.41, 5.74) is 1.71. The SMILES string of the molecule is Cc1cc(NC(=O)[C@@H](C)OC(=O)CCn2ccc3ccccc32)on1. The van der Waals surface area contributed by atoms with Crippen molar-refractivity contribution in [3.63, 3.8) is 0 Å². The number of nitrogens with one attached hydrogen (secondary N) is 1. The van der Waals surface area contributed by atoms with Gasteiger partial charge >= 0.3 is 5.97 Å². The van der Waals surface area contributed by atoms with Crippen molar-refractivity contribution in [2.45, 2.75) is 32.9 Å². The zero-order valence-corrected chi connectivity index (χ0v) is 14.1. The van der Waals surface area contributed by atoms with Crippen LogP contribution < -0.4 is 5.32 Å². The normalized spacial score (nSPS) is 12.1. The zero-order valence-electron chi connectivity index (χ0n) is 14.1. The fourth-order valence-corrected chi connectivity index (χ4v) is 2.50. The Balaban J connectivity index is 1.50. The Bertz CT molecular complexity index is 897. The molecule has 2 aromatic heterocycles. The zero-order chi connectivity index (χ0) is 17.8. The molecule has 0 bridgehead atoms. The van der Waals surface area contributed by atoms with E-state index in [0.717, 1.165) is 10.9 Å². The van der Waals surface area contributed by atoms with Crippen molar-refractivity contribution in [2.24, 2.45) is 0 Å². The molecule has 7 nitrogen and oxygen atoms in total. The summed E-state index contributed by atoms with van der Waals surface area (Å²) in [6.07, 6.45) is 1.19. The third-order valence-corrected chi connectivity index (χ3v) is 3.79. The van der Waals surface area contributed by atoms with Crippen LogP contribution >= 0.6 is 0 Å². The van der Waals surface area contributed by atoms with E-state index in [4.69, 9.17) is 9.26 Å². The Kier molecular flexibility index (Phi) is 4.83. The Morgan fingerprint density at radius 1 is 1.32 bits per heavy atom. The van der Waals surface area contributed by atoms with Gasteiger partial charge in [0.15, 0.2) is 6.10 Å². The first-order valence-electron chi connectivity index (χ1n) is 8.00. The molecule has 0 aliphatic heterocycles. The van der Waals surface area contributed by atoms with Crippen molar-refractivity contribution in [3.8, 4) is 0 Å². The first-order valence-corrected chi connectivity index (χ1v) is 8.00. The van der Waals surface area contributed by atoms with E-state index < -0.39 is 18.0 Å². The predicted molar refractivity (Wildman–Crippen MR) is 92.0 cm³/mol. The van der Waals surface area contributed by atoms with Crippen molar-refractivity contribution in [1.82, 2.24) is 9.72 Å². The summed E-state index contributed by atoms with van der Waals surface area (Å²) in [4.78, 5) is 24.0. The highest BCUT2D eigenvalue weighted by molar-refractivity contribution is 5.94. The molecular weight excluding hydrogens is 322 g/mol. The number of anilines is 1. The van der Waals surface area contributed by atoms with E-state index in [9.17, 15) is 9.59 Å². The molecule has 0 aliphatic carbocycles. The lowest BCUT2D eigenvalue weighted by atomic mass is 10.2. The smallest absolute Gasteiger partial charge is 0.308 e. The molecule has 1 atom stereocenters. The van der Waals surface area contributed by atoms with Crippen molar-refractivity contribution in [3.05, 3.63) is 48.3 Å². The largest absolute Gasteiger partial charge is 0.452 e. The molecule has 0 unspecified atom stereocenters. The van der Waals surface area contributed by atoms with Crippen LogP contribution in [0, 0.1) is 6.92 Å². The topological polar surface area (TPSA) is 86.4 Å². The minimum absolute atomic E-state index is 0.178. The maximum atomic E-state index is 12.0. The van der Waals surface area contributed by atoms with Gasteiger partial charge in [0, 0.05) is 24.3 Å². The minimum atomic E-state index is -0.917. The number of hydrogen-bond acceptors (Lipinski definition) is 5. The van der Waals surface area contributed by atoms with E-state index in [1.54, 1.807) is 13.0 Å². The molecular formula is C18H19N3O4. The summed E-state index contributed by atoms with van der Waals surface area (Å²) >= 11 is 0. The number of aromatic nitrogens is 2. The molecule has 0 aliphatic rings. The second kappa shape index (κ2) is 7.21. The van der Waals surface area contributed by atoms with Crippen LogP contribution in [0.15, 0.2) is 47.1 Å². The van der Waals surface area contributed by atoms with E-state index in [1.165, 1.54) is 6.92 Å². The first kappa shape index (κ1) is 16.8. The number of fused-ring (bicyclic) bond motifs is 1. The van der Waals surface area contributed by atoms with Crippen molar-refractivity contribution < 1.29 is 18.8 Å². The Labute approximate surface area is 144 Å². The number of nitrogens with zero attached hydrogens (tertiary/aromatic N) is 2.